The summed E-state index contributed by atoms with van der Waals surface area (Å²) in [5.41, 5.74) is 2.08. The van der Waals surface area contributed by atoms with E-state index in [9.17, 15) is 4.79 Å². The molecule has 3 rings (SSSR count). The first-order valence-electron chi connectivity index (χ1n) is 9.17. The van der Waals surface area contributed by atoms with Crippen LogP contribution in [-0.4, -0.2) is 22.6 Å². The molecule has 0 atom stereocenters. The molecule has 2 aromatic heterocycles. The number of carbonyl (C=O) groups excluding carboxylic acids is 1. The maximum Gasteiger partial charge on any atom is 0.227 e. The Morgan fingerprint density at radius 3 is 2.59 bits per heavy atom. The summed E-state index contributed by atoms with van der Waals surface area (Å²) in [4.78, 5) is 17.4. The van der Waals surface area contributed by atoms with Crippen LogP contribution in [0.15, 0.2) is 69.7 Å². The highest BCUT2D eigenvalue weighted by Crippen LogP contribution is 2.23. The molecule has 0 aliphatic carbocycles. The minimum Gasteiger partial charge on any atom is -0.472 e. The summed E-state index contributed by atoms with van der Waals surface area (Å²) in [6.07, 6.45) is 4.67. The van der Waals surface area contributed by atoms with Crippen LogP contribution in [0.5, 0.6) is 0 Å². The Bertz CT molecular complexity index is 809. The van der Waals surface area contributed by atoms with E-state index in [4.69, 9.17) is 4.42 Å². The molecule has 0 spiro atoms. The van der Waals surface area contributed by atoms with Gasteiger partial charge in [-0.15, -0.1) is 23.1 Å². The summed E-state index contributed by atoms with van der Waals surface area (Å²) in [6, 6.07) is 14.5. The molecule has 0 saturated carbocycles. The zero-order chi connectivity index (χ0) is 19.1. The normalized spacial score (nSPS) is 11.1. The van der Waals surface area contributed by atoms with E-state index >= 15 is 0 Å². The highest BCUT2D eigenvalue weighted by molar-refractivity contribution is 7.99. The van der Waals surface area contributed by atoms with Crippen LogP contribution in [0.4, 0.5) is 0 Å². The first kappa shape index (κ1) is 19.8. The molecule has 5 heteroatoms. The highest BCUT2D eigenvalue weighted by atomic mass is 32.2. The molecule has 0 unspecified atom stereocenters. The van der Waals surface area contributed by atoms with Crippen molar-refractivity contribution in [2.75, 3.05) is 6.54 Å². The topological polar surface area (TPSA) is 33.5 Å². The van der Waals surface area contributed by atoms with Gasteiger partial charge < -0.3 is 9.32 Å². The molecule has 0 radical (unpaired) electrons. The Labute approximate surface area is 169 Å². The molecular formula is C22H25NO2S2. The van der Waals surface area contributed by atoms with Crippen molar-refractivity contribution in [1.82, 2.24) is 4.90 Å². The van der Waals surface area contributed by atoms with E-state index in [1.54, 1.807) is 23.9 Å². The quantitative estimate of drug-likeness (QED) is 0.436. The number of carbonyl (C=O) groups is 1. The van der Waals surface area contributed by atoms with Gasteiger partial charge in [0.25, 0.3) is 0 Å². The van der Waals surface area contributed by atoms with Crippen LogP contribution >= 0.6 is 23.1 Å². The predicted octanol–water partition coefficient (Wildman–Crippen LogP) is 5.66. The van der Waals surface area contributed by atoms with E-state index in [2.05, 4.69) is 55.6 Å². The van der Waals surface area contributed by atoms with Gasteiger partial charge in [-0.3, -0.25) is 4.79 Å². The van der Waals surface area contributed by atoms with Crippen molar-refractivity contribution in [1.29, 1.82) is 0 Å². The first-order valence-corrected chi connectivity index (χ1v) is 10.9. The van der Waals surface area contributed by atoms with Crippen molar-refractivity contribution in [2.24, 2.45) is 0 Å². The number of hydrogen-bond donors (Lipinski definition) is 0. The van der Waals surface area contributed by atoms with Crippen LogP contribution in [0.2, 0.25) is 0 Å². The fraction of sp³-hybridized carbons (Fsp3) is 0.318. The summed E-state index contributed by atoms with van der Waals surface area (Å²) >= 11 is 3.57. The maximum absolute atomic E-state index is 13.0. The molecule has 2 heterocycles. The van der Waals surface area contributed by atoms with Gasteiger partial charge in [0.05, 0.1) is 18.9 Å². The summed E-state index contributed by atoms with van der Waals surface area (Å²) in [5, 5.41) is 2.63. The van der Waals surface area contributed by atoms with Crippen LogP contribution in [0.3, 0.4) is 0 Å². The Kier molecular flexibility index (Phi) is 7.18. The average Bonchev–Trinajstić information content (AvgIpc) is 3.33. The number of hydrogen-bond acceptors (Lipinski definition) is 4. The van der Waals surface area contributed by atoms with Crippen molar-refractivity contribution in [3.8, 4) is 0 Å². The number of benzene rings is 1. The lowest BCUT2D eigenvalue weighted by atomic mass is 10.1. The van der Waals surface area contributed by atoms with Crippen molar-refractivity contribution < 1.29 is 9.21 Å². The zero-order valence-corrected chi connectivity index (χ0v) is 17.4. The van der Waals surface area contributed by atoms with E-state index in [1.807, 2.05) is 22.7 Å². The van der Waals surface area contributed by atoms with Crippen molar-refractivity contribution in [3.63, 3.8) is 0 Å². The van der Waals surface area contributed by atoms with E-state index in [1.165, 1.54) is 9.77 Å². The number of furan rings is 1. The minimum atomic E-state index is 0.150. The third-order valence-electron chi connectivity index (χ3n) is 4.16. The maximum atomic E-state index is 13.0. The molecule has 3 nitrogen and oxygen atoms in total. The number of thioether (sulfide) groups is 1. The molecular weight excluding hydrogens is 374 g/mol. The smallest absolute Gasteiger partial charge is 0.227 e. The van der Waals surface area contributed by atoms with Crippen molar-refractivity contribution in [3.05, 3.63) is 76.4 Å². The standard InChI is InChI=1S/C22H25NO2S2/c1-17(2)27-21-7-5-18(6-8-21)14-22(24)23(15-19-10-12-25-16-19)11-9-20-4-3-13-26-20/h3-8,10,12-13,16-17H,9,11,14-15H2,1-2H3. The summed E-state index contributed by atoms with van der Waals surface area (Å²) in [5.74, 6) is 0.150. The fourth-order valence-electron chi connectivity index (χ4n) is 2.84. The van der Waals surface area contributed by atoms with Crippen LogP contribution in [0.25, 0.3) is 0 Å². The molecule has 0 N–H and O–H groups in total. The zero-order valence-electron chi connectivity index (χ0n) is 15.8. The number of nitrogens with zero attached hydrogens (tertiary/aromatic N) is 1. The van der Waals surface area contributed by atoms with Gasteiger partial charge in [-0.2, -0.15) is 0 Å². The average molecular weight is 400 g/mol. The molecule has 142 valence electrons. The molecule has 0 aliphatic rings. The Balaban J connectivity index is 1.64. The highest BCUT2D eigenvalue weighted by Gasteiger charge is 2.16. The molecule has 0 saturated heterocycles. The lowest BCUT2D eigenvalue weighted by Gasteiger charge is -2.22. The predicted molar refractivity (Wildman–Crippen MR) is 113 cm³/mol. The number of rotatable bonds is 9. The molecule has 0 aliphatic heterocycles. The second kappa shape index (κ2) is 9.81. The number of amides is 1. The fourth-order valence-corrected chi connectivity index (χ4v) is 4.38. The van der Waals surface area contributed by atoms with E-state index < -0.39 is 0 Å². The Morgan fingerprint density at radius 2 is 1.96 bits per heavy atom. The molecule has 3 aromatic rings. The molecule has 0 bridgehead atoms. The lowest BCUT2D eigenvalue weighted by Crippen LogP contribution is -2.33. The molecule has 0 fully saturated rings. The lowest BCUT2D eigenvalue weighted by molar-refractivity contribution is -0.131. The monoisotopic (exact) mass is 399 g/mol. The first-order chi connectivity index (χ1) is 13.1. The van der Waals surface area contributed by atoms with Crippen LogP contribution in [-0.2, 0) is 24.2 Å². The largest absolute Gasteiger partial charge is 0.472 e. The van der Waals surface area contributed by atoms with Gasteiger partial charge in [0.2, 0.25) is 5.91 Å². The third kappa shape index (κ3) is 6.29. The van der Waals surface area contributed by atoms with E-state index in [0.29, 0.717) is 24.8 Å². The molecule has 1 aromatic carbocycles. The van der Waals surface area contributed by atoms with Gasteiger partial charge in [-0.05, 0) is 41.6 Å². The van der Waals surface area contributed by atoms with Crippen LogP contribution in [0.1, 0.15) is 29.9 Å². The summed E-state index contributed by atoms with van der Waals surface area (Å²) in [6.45, 7) is 5.67. The van der Waals surface area contributed by atoms with Crippen molar-refractivity contribution in [2.45, 2.75) is 43.4 Å². The molecule has 1 amide bonds. The minimum absolute atomic E-state index is 0.150. The van der Waals surface area contributed by atoms with Gasteiger partial charge in [0.1, 0.15) is 0 Å². The van der Waals surface area contributed by atoms with Gasteiger partial charge in [0.15, 0.2) is 0 Å². The van der Waals surface area contributed by atoms with E-state index in [0.717, 1.165) is 17.5 Å². The SMILES string of the molecule is CC(C)Sc1ccc(CC(=O)N(CCc2cccs2)Cc2ccoc2)cc1. The Morgan fingerprint density at radius 1 is 1.15 bits per heavy atom. The van der Waals surface area contributed by atoms with Gasteiger partial charge >= 0.3 is 0 Å². The third-order valence-corrected chi connectivity index (χ3v) is 6.12. The Hall–Kier alpha value is -1.98. The number of thiophene rings is 1. The second-order valence-electron chi connectivity index (χ2n) is 6.76. The summed E-state index contributed by atoms with van der Waals surface area (Å²) < 4.78 is 5.17. The van der Waals surface area contributed by atoms with Gasteiger partial charge in [0, 0.05) is 33.7 Å². The van der Waals surface area contributed by atoms with Crippen molar-refractivity contribution >= 4 is 29.0 Å². The molecule has 27 heavy (non-hydrogen) atoms. The summed E-state index contributed by atoms with van der Waals surface area (Å²) in [7, 11) is 0. The van der Waals surface area contributed by atoms with E-state index in [-0.39, 0.29) is 5.91 Å². The van der Waals surface area contributed by atoms with Gasteiger partial charge in [-0.1, -0.05) is 32.0 Å². The van der Waals surface area contributed by atoms with Crippen LogP contribution < -0.4 is 0 Å². The second-order valence-corrected chi connectivity index (χ2v) is 9.45. The van der Waals surface area contributed by atoms with Crippen LogP contribution in [0, 0.1) is 0 Å². The van der Waals surface area contributed by atoms with Gasteiger partial charge in [-0.25, -0.2) is 0 Å².